The Morgan fingerprint density at radius 2 is 2.25 bits per heavy atom. The lowest BCUT2D eigenvalue weighted by molar-refractivity contribution is 0.102. The van der Waals surface area contributed by atoms with E-state index in [-0.39, 0.29) is 17.1 Å². The number of aromatic hydroxyl groups is 1. The fraction of sp³-hybridized carbons (Fsp3) is 0.286. The van der Waals surface area contributed by atoms with Crippen LogP contribution in [0.4, 0.5) is 5.69 Å². The van der Waals surface area contributed by atoms with Crippen molar-refractivity contribution in [2.45, 2.75) is 13.3 Å². The van der Waals surface area contributed by atoms with Gasteiger partial charge in [0.1, 0.15) is 0 Å². The predicted octanol–water partition coefficient (Wildman–Crippen LogP) is 1.95. The van der Waals surface area contributed by atoms with E-state index < -0.39 is 5.91 Å². The maximum atomic E-state index is 12.2. The fourth-order valence-corrected chi connectivity index (χ4v) is 1.96. The highest BCUT2D eigenvalue weighted by molar-refractivity contribution is 6.06. The maximum Gasteiger partial charge on any atom is 0.259 e. The summed E-state index contributed by atoms with van der Waals surface area (Å²) in [5.74, 6) is -0.307. The number of phenolic OH excluding ortho intramolecular Hbond substituents is 1. The zero-order chi connectivity index (χ0) is 14.7. The van der Waals surface area contributed by atoms with Crippen molar-refractivity contribution in [2.24, 2.45) is 7.05 Å². The number of methoxy groups -OCH3 is 1. The van der Waals surface area contributed by atoms with E-state index in [1.54, 1.807) is 30.1 Å². The molecule has 0 atom stereocenters. The van der Waals surface area contributed by atoms with Crippen LogP contribution >= 0.6 is 0 Å². The van der Waals surface area contributed by atoms with Crippen LogP contribution in [0.3, 0.4) is 0 Å². The van der Waals surface area contributed by atoms with Gasteiger partial charge in [0.15, 0.2) is 11.5 Å². The molecular weight excluding hydrogens is 258 g/mol. The molecule has 2 aromatic rings. The van der Waals surface area contributed by atoms with Crippen molar-refractivity contribution in [2.75, 3.05) is 12.4 Å². The van der Waals surface area contributed by atoms with Crippen LogP contribution in [0.5, 0.6) is 11.5 Å². The SMILES string of the molecule is CCc1nn(C)cc1NC(=O)c1cccc(OC)c1O. The monoisotopic (exact) mass is 275 g/mol. The number of phenols is 1. The molecular formula is C14H17N3O3. The number of carbonyl (C=O) groups is 1. The number of amides is 1. The summed E-state index contributed by atoms with van der Waals surface area (Å²) < 4.78 is 6.63. The number of rotatable bonds is 4. The first-order valence-electron chi connectivity index (χ1n) is 6.26. The lowest BCUT2D eigenvalue weighted by Crippen LogP contribution is -2.13. The van der Waals surface area contributed by atoms with Gasteiger partial charge in [0.25, 0.3) is 5.91 Å². The van der Waals surface area contributed by atoms with E-state index in [9.17, 15) is 9.90 Å². The Bertz CT molecular complexity index is 635. The summed E-state index contributed by atoms with van der Waals surface area (Å²) in [4.78, 5) is 12.2. The smallest absolute Gasteiger partial charge is 0.259 e. The van der Waals surface area contributed by atoms with Crippen LogP contribution in [0.2, 0.25) is 0 Å². The fourth-order valence-electron chi connectivity index (χ4n) is 1.96. The highest BCUT2D eigenvalue weighted by Crippen LogP contribution is 2.30. The third kappa shape index (κ3) is 2.59. The van der Waals surface area contributed by atoms with E-state index in [0.717, 1.165) is 5.69 Å². The van der Waals surface area contributed by atoms with E-state index >= 15 is 0 Å². The van der Waals surface area contributed by atoms with Crippen LogP contribution < -0.4 is 10.1 Å². The molecule has 2 rings (SSSR count). The molecule has 1 heterocycles. The van der Waals surface area contributed by atoms with Crippen LogP contribution in [0.15, 0.2) is 24.4 Å². The van der Waals surface area contributed by atoms with Gasteiger partial charge in [0.05, 0.1) is 24.1 Å². The second-order valence-electron chi connectivity index (χ2n) is 4.33. The van der Waals surface area contributed by atoms with E-state index in [1.165, 1.54) is 13.2 Å². The highest BCUT2D eigenvalue weighted by Gasteiger charge is 2.17. The maximum absolute atomic E-state index is 12.2. The Hall–Kier alpha value is -2.50. The Balaban J connectivity index is 2.28. The Kier molecular flexibility index (Phi) is 3.93. The van der Waals surface area contributed by atoms with Crippen LogP contribution in [0, 0.1) is 0 Å². The van der Waals surface area contributed by atoms with Gasteiger partial charge in [-0.2, -0.15) is 5.10 Å². The Morgan fingerprint density at radius 1 is 1.50 bits per heavy atom. The minimum absolute atomic E-state index is 0.162. The zero-order valence-corrected chi connectivity index (χ0v) is 11.7. The Labute approximate surface area is 117 Å². The summed E-state index contributed by atoms with van der Waals surface area (Å²) in [6, 6.07) is 4.78. The average Bonchev–Trinajstić information content (AvgIpc) is 2.78. The minimum Gasteiger partial charge on any atom is -0.504 e. The van der Waals surface area contributed by atoms with Gasteiger partial charge in [-0.05, 0) is 18.6 Å². The molecule has 1 aromatic heterocycles. The standard InChI is InChI=1S/C14H17N3O3/c1-4-10-11(8-17(2)16-10)15-14(19)9-6-5-7-12(20-3)13(9)18/h5-8,18H,4H2,1-3H3,(H,15,19). The van der Waals surface area contributed by atoms with E-state index in [1.807, 2.05) is 6.92 Å². The zero-order valence-electron chi connectivity index (χ0n) is 11.7. The van der Waals surface area contributed by atoms with E-state index in [4.69, 9.17) is 4.74 Å². The van der Waals surface area contributed by atoms with Gasteiger partial charge in [-0.15, -0.1) is 0 Å². The van der Waals surface area contributed by atoms with Crippen LogP contribution in [-0.2, 0) is 13.5 Å². The van der Waals surface area contributed by atoms with E-state index in [0.29, 0.717) is 12.1 Å². The average molecular weight is 275 g/mol. The first-order chi connectivity index (χ1) is 9.56. The van der Waals surface area contributed by atoms with Crippen molar-refractivity contribution < 1.29 is 14.6 Å². The van der Waals surface area contributed by atoms with Crippen molar-refractivity contribution in [1.82, 2.24) is 9.78 Å². The molecule has 0 spiro atoms. The third-order valence-electron chi connectivity index (χ3n) is 2.95. The number of nitrogens with one attached hydrogen (secondary N) is 1. The summed E-state index contributed by atoms with van der Waals surface area (Å²) >= 11 is 0. The van der Waals surface area contributed by atoms with Gasteiger partial charge in [0, 0.05) is 13.2 Å². The lowest BCUT2D eigenvalue weighted by atomic mass is 10.1. The van der Waals surface area contributed by atoms with Crippen LogP contribution in [0.1, 0.15) is 23.0 Å². The molecule has 0 radical (unpaired) electrons. The van der Waals surface area contributed by atoms with Gasteiger partial charge in [-0.3, -0.25) is 9.48 Å². The molecule has 0 aliphatic rings. The van der Waals surface area contributed by atoms with Crippen molar-refractivity contribution in [3.05, 3.63) is 35.7 Å². The molecule has 0 fully saturated rings. The van der Waals surface area contributed by atoms with E-state index in [2.05, 4.69) is 10.4 Å². The van der Waals surface area contributed by atoms with Crippen molar-refractivity contribution >= 4 is 11.6 Å². The molecule has 0 saturated heterocycles. The summed E-state index contributed by atoms with van der Waals surface area (Å²) in [6.07, 6.45) is 2.44. The quantitative estimate of drug-likeness (QED) is 0.894. The van der Waals surface area contributed by atoms with Crippen molar-refractivity contribution in [3.8, 4) is 11.5 Å². The number of ether oxygens (including phenoxy) is 1. The number of nitrogens with zero attached hydrogens (tertiary/aromatic N) is 2. The normalized spacial score (nSPS) is 10.3. The Morgan fingerprint density at radius 3 is 2.90 bits per heavy atom. The number of hydrogen-bond donors (Lipinski definition) is 2. The number of aryl methyl sites for hydroxylation is 2. The third-order valence-corrected chi connectivity index (χ3v) is 2.95. The lowest BCUT2D eigenvalue weighted by Gasteiger charge is -2.09. The number of hydrogen-bond acceptors (Lipinski definition) is 4. The summed E-state index contributed by atoms with van der Waals surface area (Å²) in [5, 5.41) is 17.0. The second-order valence-corrected chi connectivity index (χ2v) is 4.33. The minimum atomic E-state index is -0.399. The summed E-state index contributed by atoms with van der Waals surface area (Å²) in [6.45, 7) is 1.96. The number of anilines is 1. The molecule has 0 aliphatic carbocycles. The first-order valence-corrected chi connectivity index (χ1v) is 6.26. The molecule has 1 amide bonds. The largest absolute Gasteiger partial charge is 0.504 e. The molecule has 1 aromatic carbocycles. The molecule has 6 nitrogen and oxygen atoms in total. The van der Waals surface area contributed by atoms with Gasteiger partial charge >= 0.3 is 0 Å². The van der Waals surface area contributed by atoms with Gasteiger partial charge < -0.3 is 15.2 Å². The summed E-state index contributed by atoms with van der Waals surface area (Å²) in [7, 11) is 3.23. The molecule has 0 bridgehead atoms. The van der Waals surface area contributed by atoms with Crippen molar-refractivity contribution in [1.29, 1.82) is 0 Å². The van der Waals surface area contributed by atoms with Gasteiger partial charge in [-0.25, -0.2) is 0 Å². The summed E-state index contributed by atoms with van der Waals surface area (Å²) in [5.41, 5.74) is 1.60. The first kappa shape index (κ1) is 13.9. The number of benzene rings is 1. The van der Waals surface area contributed by atoms with Crippen molar-refractivity contribution in [3.63, 3.8) is 0 Å². The van der Waals surface area contributed by atoms with Gasteiger partial charge in [-0.1, -0.05) is 13.0 Å². The highest BCUT2D eigenvalue weighted by atomic mass is 16.5. The topological polar surface area (TPSA) is 76.4 Å². The molecule has 2 N–H and O–H groups in total. The number of carbonyl (C=O) groups excluding carboxylic acids is 1. The predicted molar refractivity (Wildman–Crippen MR) is 75.2 cm³/mol. The molecule has 20 heavy (non-hydrogen) atoms. The number of aromatic nitrogens is 2. The molecule has 106 valence electrons. The van der Waals surface area contributed by atoms with Gasteiger partial charge in [0.2, 0.25) is 0 Å². The second kappa shape index (κ2) is 5.64. The molecule has 0 saturated carbocycles. The number of para-hydroxylation sites is 1. The van der Waals surface area contributed by atoms with Crippen LogP contribution in [-0.4, -0.2) is 27.9 Å². The van der Waals surface area contributed by atoms with Crippen LogP contribution in [0.25, 0.3) is 0 Å². The molecule has 6 heteroatoms. The molecule has 0 aliphatic heterocycles. The molecule has 0 unspecified atom stereocenters.